The second-order valence-electron chi connectivity index (χ2n) is 4.82. The smallest absolute Gasteiger partial charge is 0.398 e. The molecular formula is C10H14BNO3S. The summed E-state index contributed by atoms with van der Waals surface area (Å²) in [6, 6.07) is 0. The number of rotatable bonds is 2. The maximum absolute atomic E-state index is 10.6. The molecule has 16 heavy (non-hydrogen) atoms. The van der Waals surface area contributed by atoms with Gasteiger partial charge in [0.05, 0.1) is 11.2 Å². The molecule has 0 bridgehead atoms. The predicted octanol–water partition coefficient (Wildman–Crippen LogP) is 1.25. The first-order valence-corrected chi connectivity index (χ1v) is 6.00. The van der Waals surface area contributed by atoms with Crippen LogP contribution in [0.3, 0.4) is 0 Å². The van der Waals surface area contributed by atoms with E-state index in [-0.39, 0.29) is 11.2 Å². The lowest BCUT2D eigenvalue weighted by Gasteiger charge is -2.32. The molecule has 1 fully saturated rings. The summed E-state index contributed by atoms with van der Waals surface area (Å²) >= 11 is 1.38. The van der Waals surface area contributed by atoms with Crippen LogP contribution >= 0.6 is 11.3 Å². The Hall–Kier alpha value is -0.715. The molecule has 2 heterocycles. The highest BCUT2D eigenvalue weighted by molar-refractivity contribution is 7.20. The zero-order valence-corrected chi connectivity index (χ0v) is 10.6. The van der Waals surface area contributed by atoms with Crippen LogP contribution in [0.1, 0.15) is 38.2 Å². The molecule has 1 saturated heterocycles. The van der Waals surface area contributed by atoms with Gasteiger partial charge in [0.2, 0.25) is 0 Å². The molecule has 0 N–H and O–H groups in total. The van der Waals surface area contributed by atoms with Crippen molar-refractivity contribution in [1.82, 2.24) is 4.98 Å². The molecule has 4 nitrogen and oxygen atoms in total. The van der Waals surface area contributed by atoms with E-state index >= 15 is 0 Å². The van der Waals surface area contributed by atoms with Gasteiger partial charge in [-0.05, 0) is 27.7 Å². The van der Waals surface area contributed by atoms with Crippen LogP contribution in [0.5, 0.6) is 0 Å². The summed E-state index contributed by atoms with van der Waals surface area (Å²) in [6.45, 7) is 7.95. The first kappa shape index (κ1) is 11.8. The van der Waals surface area contributed by atoms with Gasteiger partial charge < -0.3 is 9.31 Å². The highest BCUT2D eigenvalue weighted by atomic mass is 32.1. The quantitative estimate of drug-likeness (QED) is 0.575. The topological polar surface area (TPSA) is 48.4 Å². The molecule has 1 aromatic heterocycles. The average Bonchev–Trinajstić information content (AvgIpc) is 2.70. The van der Waals surface area contributed by atoms with Crippen LogP contribution in [-0.4, -0.2) is 29.6 Å². The maximum atomic E-state index is 10.6. The van der Waals surface area contributed by atoms with Crippen molar-refractivity contribution in [3.63, 3.8) is 0 Å². The van der Waals surface area contributed by atoms with E-state index in [1.54, 1.807) is 5.38 Å². The van der Waals surface area contributed by atoms with Gasteiger partial charge in [-0.3, -0.25) is 4.79 Å². The average molecular weight is 239 g/mol. The van der Waals surface area contributed by atoms with Crippen LogP contribution in [0, 0.1) is 0 Å². The monoisotopic (exact) mass is 239 g/mol. The first-order chi connectivity index (χ1) is 7.36. The number of carbonyl (C=O) groups is 1. The molecule has 0 aliphatic carbocycles. The number of aldehydes is 1. The Balaban J connectivity index is 2.23. The van der Waals surface area contributed by atoms with Crippen molar-refractivity contribution in [2.24, 2.45) is 0 Å². The molecule has 86 valence electrons. The first-order valence-electron chi connectivity index (χ1n) is 5.12. The lowest BCUT2D eigenvalue weighted by atomic mass is 9.90. The summed E-state index contributed by atoms with van der Waals surface area (Å²) in [5.74, 6) is 0. The van der Waals surface area contributed by atoms with E-state index in [0.29, 0.717) is 10.6 Å². The van der Waals surface area contributed by atoms with Crippen molar-refractivity contribution in [1.29, 1.82) is 0 Å². The molecular weight excluding hydrogens is 225 g/mol. The predicted molar refractivity (Wildman–Crippen MR) is 63.2 cm³/mol. The van der Waals surface area contributed by atoms with Crippen molar-refractivity contribution in [2.45, 2.75) is 38.9 Å². The van der Waals surface area contributed by atoms with Crippen LogP contribution in [0.2, 0.25) is 0 Å². The molecule has 1 aliphatic heterocycles. The standard InChI is InChI=1S/C10H14BNO3S/c1-9(2)10(3,4)15-11(14-9)8-12-7(5-13)6-16-8/h5-6H,1-4H3. The summed E-state index contributed by atoms with van der Waals surface area (Å²) in [4.78, 5) is 15.4. The van der Waals surface area contributed by atoms with Gasteiger partial charge >= 0.3 is 7.12 Å². The van der Waals surface area contributed by atoms with Gasteiger partial charge in [0.1, 0.15) is 10.6 Å². The van der Waals surface area contributed by atoms with Gasteiger partial charge in [0.15, 0.2) is 6.29 Å². The molecule has 1 aromatic rings. The van der Waals surface area contributed by atoms with Crippen molar-refractivity contribution in [3.05, 3.63) is 11.1 Å². The molecule has 0 unspecified atom stereocenters. The molecule has 6 heteroatoms. The zero-order valence-electron chi connectivity index (χ0n) is 9.81. The summed E-state index contributed by atoms with van der Waals surface area (Å²) in [7, 11) is -0.469. The van der Waals surface area contributed by atoms with E-state index in [1.165, 1.54) is 11.3 Å². The highest BCUT2D eigenvalue weighted by Gasteiger charge is 2.52. The Morgan fingerprint density at radius 3 is 2.31 bits per heavy atom. The third-order valence-corrected chi connectivity index (χ3v) is 4.00. The molecule has 0 radical (unpaired) electrons. The van der Waals surface area contributed by atoms with Gasteiger partial charge in [-0.15, -0.1) is 11.3 Å². The molecule has 1 aliphatic rings. The minimum absolute atomic E-state index is 0.370. The van der Waals surface area contributed by atoms with Gasteiger partial charge in [-0.2, -0.15) is 0 Å². The number of hydrogen-bond donors (Lipinski definition) is 0. The van der Waals surface area contributed by atoms with Crippen LogP contribution in [0.4, 0.5) is 0 Å². The number of carbonyl (C=O) groups excluding carboxylic acids is 1. The lowest BCUT2D eigenvalue weighted by Crippen LogP contribution is -2.41. The van der Waals surface area contributed by atoms with E-state index in [0.717, 1.165) is 6.29 Å². The van der Waals surface area contributed by atoms with Crippen LogP contribution < -0.4 is 4.91 Å². The third kappa shape index (κ3) is 1.81. The van der Waals surface area contributed by atoms with E-state index in [2.05, 4.69) is 4.98 Å². The second-order valence-corrected chi connectivity index (χ2v) is 5.71. The number of hydrogen-bond acceptors (Lipinski definition) is 5. The highest BCUT2D eigenvalue weighted by Crippen LogP contribution is 2.36. The van der Waals surface area contributed by atoms with E-state index < -0.39 is 7.12 Å². The normalized spacial score (nSPS) is 22.4. The van der Waals surface area contributed by atoms with E-state index in [4.69, 9.17) is 9.31 Å². The second kappa shape index (κ2) is 3.65. The minimum Gasteiger partial charge on any atom is -0.398 e. The lowest BCUT2D eigenvalue weighted by molar-refractivity contribution is 0.00578. The van der Waals surface area contributed by atoms with Crippen molar-refractivity contribution in [3.8, 4) is 0 Å². The molecule has 2 rings (SSSR count). The number of thiazole rings is 1. The van der Waals surface area contributed by atoms with Gasteiger partial charge in [0.25, 0.3) is 0 Å². The molecule has 0 amide bonds. The number of aromatic nitrogens is 1. The van der Waals surface area contributed by atoms with Crippen LogP contribution in [0.15, 0.2) is 5.38 Å². The van der Waals surface area contributed by atoms with Crippen molar-refractivity contribution < 1.29 is 14.1 Å². The fourth-order valence-corrected chi connectivity index (χ4v) is 2.12. The molecule has 0 spiro atoms. The summed E-state index contributed by atoms with van der Waals surface area (Å²) in [5.41, 5.74) is -0.315. The van der Waals surface area contributed by atoms with Crippen LogP contribution in [0.25, 0.3) is 0 Å². The number of nitrogens with zero attached hydrogens (tertiary/aromatic N) is 1. The molecule has 0 aromatic carbocycles. The Morgan fingerprint density at radius 1 is 1.31 bits per heavy atom. The summed E-state index contributed by atoms with van der Waals surface area (Å²) < 4.78 is 11.6. The van der Waals surface area contributed by atoms with E-state index in [1.807, 2.05) is 27.7 Å². The minimum atomic E-state index is -0.469. The Morgan fingerprint density at radius 2 is 1.88 bits per heavy atom. The van der Waals surface area contributed by atoms with Crippen molar-refractivity contribution >= 4 is 29.6 Å². The van der Waals surface area contributed by atoms with Gasteiger partial charge in [-0.25, -0.2) is 4.98 Å². The van der Waals surface area contributed by atoms with Crippen molar-refractivity contribution in [2.75, 3.05) is 0 Å². The Bertz CT molecular complexity index is 400. The fraction of sp³-hybridized carbons (Fsp3) is 0.600. The van der Waals surface area contributed by atoms with Gasteiger partial charge in [-0.1, -0.05) is 0 Å². The Labute approximate surface area is 99.1 Å². The largest absolute Gasteiger partial charge is 0.525 e. The maximum Gasteiger partial charge on any atom is 0.525 e. The molecule has 0 saturated carbocycles. The van der Waals surface area contributed by atoms with E-state index in [9.17, 15) is 4.79 Å². The summed E-state index contributed by atoms with van der Waals surface area (Å²) in [6.07, 6.45) is 0.727. The molecule has 0 atom stereocenters. The van der Waals surface area contributed by atoms with Gasteiger partial charge in [0, 0.05) is 5.38 Å². The van der Waals surface area contributed by atoms with Crippen LogP contribution in [-0.2, 0) is 9.31 Å². The Kier molecular flexibility index (Phi) is 2.68. The summed E-state index contributed by atoms with van der Waals surface area (Å²) in [5, 5.41) is 1.70. The SMILES string of the molecule is CC1(C)OB(c2nc(C=O)cs2)OC1(C)C. The third-order valence-electron chi connectivity index (χ3n) is 3.12. The fourth-order valence-electron chi connectivity index (χ4n) is 1.41. The zero-order chi connectivity index (χ0) is 12.0.